The van der Waals surface area contributed by atoms with E-state index in [4.69, 9.17) is 5.73 Å². The summed E-state index contributed by atoms with van der Waals surface area (Å²) in [4.78, 5) is 12.2. The minimum Gasteiger partial charge on any atom is -0.370 e. The van der Waals surface area contributed by atoms with Crippen molar-refractivity contribution in [3.63, 3.8) is 0 Å². The summed E-state index contributed by atoms with van der Waals surface area (Å²) >= 11 is 0. The van der Waals surface area contributed by atoms with Gasteiger partial charge in [0.1, 0.15) is 17.5 Å². The van der Waals surface area contributed by atoms with Crippen LogP contribution in [0.2, 0.25) is 0 Å². The lowest BCUT2D eigenvalue weighted by molar-refractivity contribution is -0.139. The van der Waals surface area contributed by atoms with Crippen molar-refractivity contribution < 1.29 is 57.5 Å². The molecule has 0 radical (unpaired) electrons. The highest BCUT2D eigenvalue weighted by atomic mass is 19.4. The number of benzene rings is 3. The SMILES string of the molecule is NC(=O)CC(Cc1ccc(F)cc1C(F)(F)F)(Cc1ccc(F)cc1C(F)(F)F)Cc1ccc(F)cc1C(F)(F)F. The Kier molecular flexibility index (Phi) is 8.75. The number of primary amides is 1. The Balaban J connectivity index is 2.33. The Hall–Kier alpha value is -3.71. The van der Waals surface area contributed by atoms with Gasteiger partial charge in [0, 0.05) is 6.42 Å². The lowest BCUT2D eigenvalue weighted by Crippen LogP contribution is -2.36. The van der Waals surface area contributed by atoms with E-state index >= 15 is 0 Å². The number of hydrogen-bond donors (Lipinski definition) is 1. The third kappa shape index (κ3) is 7.94. The van der Waals surface area contributed by atoms with Crippen LogP contribution < -0.4 is 5.73 Å². The number of hydrogen-bond acceptors (Lipinski definition) is 1. The zero-order valence-electron chi connectivity index (χ0n) is 20.5. The van der Waals surface area contributed by atoms with Crippen LogP contribution in [0.3, 0.4) is 0 Å². The topological polar surface area (TPSA) is 43.1 Å². The van der Waals surface area contributed by atoms with E-state index in [2.05, 4.69) is 0 Å². The highest BCUT2D eigenvalue weighted by Crippen LogP contribution is 2.44. The van der Waals surface area contributed by atoms with Gasteiger partial charge in [-0.1, -0.05) is 18.2 Å². The monoisotopic (exact) mass is 601 g/mol. The fourth-order valence-electron chi connectivity index (χ4n) is 4.86. The summed E-state index contributed by atoms with van der Waals surface area (Å²) < 4.78 is 166. The van der Waals surface area contributed by atoms with Crippen LogP contribution in [0, 0.1) is 22.9 Å². The zero-order chi connectivity index (χ0) is 31.0. The Morgan fingerprint density at radius 3 is 1.02 bits per heavy atom. The van der Waals surface area contributed by atoms with Gasteiger partial charge in [0.25, 0.3) is 0 Å². The first-order chi connectivity index (χ1) is 18.7. The summed E-state index contributed by atoms with van der Waals surface area (Å²) in [5.41, 5.74) is -3.99. The summed E-state index contributed by atoms with van der Waals surface area (Å²) in [6.07, 6.45) is -19.7. The minimum absolute atomic E-state index is 0.0857. The van der Waals surface area contributed by atoms with E-state index in [1.807, 2.05) is 0 Å². The van der Waals surface area contributed by atoms with Crippen LogP contribution in [0.15, 0.2) is 54.6 Å². The number of carbonyl (C=O) groups is 1. The highest BCUT2D eigenvalue weighted by molar-refractivity contribution is 5.75. The molecule has 41 heavy (non-hydrogen) atoms. The molecule has 0 aromatic heterocycles. The lowest BCUT2D eigenvalue weighted by atomic mass is 9.68. The molecule has 0 heterocycles. The molecule has 2 nitrogen and oxygen atoms in total. The van der Waals surface area contributed by atoms with E-state index < -0.39 is 106 Å². The summed E-state index contributed by atoms with van der Waals surface area (Å²) in [5.74, 6) is -5.31. The quantitative estimate of drug-likeness (QED) is 0.261. The Bertz CT molecular complexity index is 1260. The number of alkyl halides is 9. The molecule has 0 bridgehead atoms. The summed E-state index contributed by atoms with van der Waals surface area (Å²) in [6, 6.07) is 3.95. The molecular weight excluding hydrogens is 582 g/mol. The standard InChI is InChI=1S/C27H19F12NO/c28-17-4-1-14(20(7-17)25(31,32)33)10-24(13-23(40)41,11-15-2-5-18(29)8-21(15)26(34,35)36)12-16-3-6-19(30)9-22(16)27(37,38)39/h1-9H,10-13H2,(H2,40,41). The van der Waals surface area contributed by atoms with Gasteiger partial charge in [-0.15, -0.1) is 0 Å². The van der Waals surface area contributed by atoms with E-state index in [0.29, 0.717) is 36.4 Å². The van der Waals surface area contributed by atoms with E-state index in [1.54, 1.807) is 0 Å². The Labute approximate surface area is 224 Å². The first-order valence-corrected chi connectivity index (χ1v) is 11.6. The molecule has 3 aromatic rings. The minimum atomic E-state index is -5.21. The first-order valence-electron chi connectivity index (χ1n) is 11.6. The first kappa shape index (κ1) is 31.8. The van der Waals surface area contributed by atoms with Gasteiger partial charge in [-0.3, -0.25) is 4.79 Å². The summed E-state index contributed by atoms with van der Waals surface area (Å²) in [5, 5.41) is 0. The molecule has 2 N–H and O–H groups in total. The molecule has 0 fully saturated rings. The molecule has 0 atom stereocenters. The second-order valence-corrected chi connectivity index (χ2v) is 9.57. The van der Waals surface area contributed by atoms with Crippen molar-refractivity contribution in [1.82, 2.24) is 0 Å². The second-order valence-electron chi connectivity index (χ2n) is 9.57. The summed E-state index contributed by atoms with van der Waals surface area (Å²) in [6.45, 7) is 0. The van der Waals surface area contributed by atoms with Crippen molar-refractivity contribution in [2.75, 3.05) is 0 Å². The predicted octanol–water partition coefficient (Wildman–Crippen LogP) is 8.05. The molecule has 14 heteroatoms. The van der Waals surface area contributed by atoms with Crippen LogP contribution in [0.5, 0.6) is 0 Å². The third-order valence-electron chi connectivity index (χ3n) is 6.38. The number of carbonyl (C=O) groups excluding carboxylic acids is 1. The van der Waals surface area contributed by atoms with E-state index in [9.17, 15) is 57.5 Å². The van der Waals surface area contributed by atoms with Crippen molar-refractivity contribution in [3.05, 3.63) is 105 Å². The number of rotatable bonds is 8. The molecule has 3 rings (SSSR count). The van der Waals surface area contributed by atoms with Crippen molar-refractivity contribution in [2.45, 2.75) is 44.2 Å². The Morgan fingerprint density at radius 1 is 0.537 bits per heavy atom. The molecule has 0 aliphatic heterocycles. The fraction of sp³-hybridized carbons (Fsp3) is 0.296. The van der Waals surface area contributed by atoms with Crippen molar-refractivity contribution in [1.29, 1.82) is 0 Å². The largest absolute Gasteiger partial charge is 0.416 e. The van der Waals surface area contributed by atoms with Gasteiger partial charge in [0.05, 0.1) is 16.7 Å². The molecule has 1 amide bonds. The van der Waals surface area contributed by atoms with Crippen LogP contribution in [-0.2, 0) is 42.6 Å². The molecule has 3 aromatic carbocycles. The van der Waals surface area contributed by atoms with Crippen LogP contribution >= 0.6 is 0 Å². The van der Waals surface area contributed by atoms with Gasteiger partial charge < -0.3 is 5.73 Å². The molecule has 0 spiro atoms. The average molecular weight is 601 g/mol. The molecule has 0 saturated carbocycles. The van der Waals surface area contributed by atoms with Gasteiger partial charge in [-0.25, -0.2) is 13.2 Å². The maximum atomic E-state index is 13.8. The van der Waals surface area contributed by atoms with E-state index in [0.717, 1.165) is 0 Å². The molecule has 0 aliphatic rings. The normalized spacial score (nSPS) is 13.0. The second kappa shape index (κ2) is 11.3. The van der Waals surface area contributed by atoms with Crippen molar-refractivity contribution in [3.8, 4) is 0 Å². The van der Waals surface area contributed by atoms with E-state index in [-0.39, 0.29) is 18.2 Å². The van der Waals surface area contributed by atoms with Gasteiger partial charge in [-0.2, -0.15) is 39.5 Å². The average Bonchev–Trinajstić information content (AvgIpc) is 2.80. The number of nitrogens with two attached hydrogens (primary N) is 1. The van der Waals surface area contributed by atoms with Gasteiger partial charge >= 0.3 is 18.5 Å². The number of amides is 1. The van der Waals surface area contributed by atoms with Crippen LogP contribution in [0.25, 0.3) is 0 Å². The Morgan fingerprint density at radius 2 is 0.805 bits per heavy atom. The molecule has 0 unspecified atom stereocenters. The van der Waals surface area contributed by atoms with Gasteiger partial charge in [-0.05, 0) is 77.8 Å². The van der Waals surface area contributed by atoms with Gasteiger partial charge in [0.15, 0.2) is 0 Å². The predicted molar refractivity (Wildman–Crippen MR) is 122 cm³/mol. The maximum Gasteiger partial charge on any atom is 0.416 e. The summed E-state index contributed by atoms with van der Waals surface area (Å²) in [7, 11) is 0. The van der Waals surface area contributed by atoms with Crippen LogP contribution in [-0.4, -0.2) is 5.91 Å². The van der Waals surface area contributed by atoms with Crippen molar-refractivity contribution >= 4 is 5.91 Å². The molecule has 222 valence electrons. The smallest absolute Gasteiger partial charge is 0.370 e. The van der Waals surface area contributed by atoms with Crippen molar-refractivity contribution in [2.24, 2.45) is 11.1 Å². The van der Waals surface area contributed by atoms with E-state index in [1.165, 1.54) is 0 Å². The maximum absolute atomic E-state index is 13.8. The molecule has 0 aliphatic carbocycles. The van der Waals surface area contributed by atoms with Gasteiger partial charge in [0.2, 0.25) is 5.91 Å². The van der Waals surface area contributed by atoms with Crippen LogP contribution in [0.1, 0.15) is 39.8 Å². The molecular formula is C27H19F12NO. The zero-order valence-corrected chi connectivity index (χ0v) is 20.5. The fourth-order valence-corrected chi connectivity index (χ4v) is 4.86. The lowest BCUT2D eigenvalue weighted by Gasteiger charge is -2.36. The third-order valence-corrected chi connectivity index (χ3v) is 6.38. The highest BCUT2D eigenvalue weighted by Gasteiger charge is 2.43. The number of halogens is 12. The molecule has 0 saturated heterocycles. The van der Waals surface area contributed by atoms with Crippen LogP contribution in [0.4, 0.5) is 52.7 Å².